The zero-order chi connectivity index (χ0) is 30.9. The molecule has 2 aromatic rings. The number of aryl methyl sites for hydroxylation is 2. The SMILES string of the molecule is CCCCNC(=O)C1CCCN(C(=O)c2ccc(NS(=O)(=O)c3ccc4c(c3)CCCC4)cc2)C1.O=C(O)C(F)(F)F. The van der Waals surface area contributed by atoms with E-state index in [1.807, 2.05) is 6.07 Å². The van der Waals surface area contributed by atoms with Crippen LogP contribution < -0.4 is 10.0 Å². The summed E-state index contributed by atoms with van der Waals surface area (Å²) in [5.74, 6) is -3.07. The number of likely N-dealkylation sites (tertiary alicyclic amines) is 1. The lowest BCUT2D eigenvalue weighted by Gasteiger charge is -2.32. The summed E-state index contributed by atoms with van der Waals surface area (Å²) in [6.45, 7) is 3.77. The van der Waals surface area contributed by atoms with Gasteiger partial charge in [-0.25, -0.2) is 13.2 Å². The Morgan fingerprint density at radius 2 is 1.64 bits per heavy atom. The predicted octanol–water partition coefficient (Wildman–Crippen LogP) is 4.77. The summed E-state index contributed by atoms with van der Waals surface area (Å²) in [5.41, 5.74) is 3.23. The zero-order valence-corrected chi connectivity index (χ0v) is 24.2. The molecule has 13 heteroatoms. The van der Waals surface area contributed by atoms with Crippen LogP contribution >= 0.6 is 0 Å². The highest BCUT2D eigenvalue weighted by Crippen LogP contribution is 2.26. The zero-order valence-electron chi connectivity index (χ0n) is 23.4. The van der Waals surface area contributed by atoms with Crippen molar-refractivity contribution in [3.05, 3.63) is 59.2 Å². The van der Waals surface area contributed by atoms with Gasteiger partial charge in [0.2, 0.25) is 5.91 Å². The number of benzene rings is 2. The van der Waals surface area contributed by atoms with Crippen LogP contribution in [0, 0.1) is 5.92 Å². The molecule has 2 aromatic carbocycles. The van der Waals surface area contributed by atoms with Gasteiger partial charge in [0, 0.05) is 30.9 Å². The molecule has 9 nitrogen and oxygen atoms in total. The quantitative estimate of drug-likeness (QED) is 0.369. The van der Waals surface area contributed by atoms with Crippen molar-refractivity contribution in [3.8, 4) is 0 Å². The number of fused-ring (bicyclic) bond motifs is 1. The van der Waals surface area contributed by atoms with E-state index in [-0.39, 0.29) is 22.6 Å². The van der Waals surface area contributed by atoms with E-state index in [2.05, 4.69) is 17.0 Å². The lowest BCUT2D eigenvalue weighted by atomic mass is 9.92. The van der Waals surface area contributed by atoms with Crippen LogP contribution in [0.3, 0.4) is 0 Å². The number of unbranched alkanes of at least 4 members (excludes halogenated alkanes) is 1. The Morgan fingerprint density at radius 3 is 2.26 bits per heavy atom. The van der Waals surface area contributed by atoms with Crippen molar-refractivity contribution in [1.29, 1.82) is 0 Å². The highest BCUT2D eigenvalue weighted by atomic mass is 32.2. The number of nitrogens with one attached hydrogen (secondary N) is 2. The fraction of sp³-hybridized carbons (Fsp3) is 0.483. The molecule has 1 atom stereocenters. The number of carboxylic acid groups (broad SMARTS) is 1. The van der Waals surface area contributed by atoms with Crippen LogP contribution in [0.15, 0.2) is 47.4 Å². The van der Waals surface area contributed by atoms with Crippen LogP contribution in [-0.4, -0.2) is 62.0 Å². The number of piperidine rings is 1. The Morgan fingerprint density at radius 1 is 1.00 bits per heavy atom. The number of sulfonamides is 1. The van der Waals surface area contributed by atoms with Gasteiger partial charge in [-0.15, -0.1) is 0 Å². The van der Waals surface area contributed by atoms with Crippen LogP contribution in [0.2, 0.25) is 0 Å². The number of carbonyl (C=O) groups is 3. The molecule has 0 aromatic heterocycles. The van der Waals surface area contributed by atoms with Gasteiger partial charge in [0.15, 0.2) is 0 Å². The predicted molar refractivity (Wildman–Crippen MR) is 151 cm³/mol. The highest BCUT2D eigenvalue weighted by Gasteiger charge is 2.38. The first-order valence-electron chi connectivity index (χ1n) is 13.9. The third-order valence-electron chi connectivity index (χ3n) is 7.17. The minimum atomic E-state index is -5.08. The Balaban J connectivity index is 0.000000616. The highest BCUT2D eigenvalue weighted by molar-refractivity contribution is 7.92. The fourth-order valence-corrected chi connectivity index (χ4v) is 5.97. The second-order valence-corrected chi connectivity index (χ2v) is 12.0. The number of halogens is 3. The smallest absolute Gasteiger partial charge is 0.475 e. The molecule has 42 heavy (non-hydrogen) atoms. The van der Waals surface area contributed by atoms with Gasteiger partial charge in [-0.05, 0) is 92.5 Å². The molecule has 230 valence electrons. The normalized spacial score (nSPS) is 16.9. The molecule has 1 heterocycles. The van der Waals surface area contributed by atoms with E-state index in [4.69, 9.17) is 9.90 Å². The summed E-state index contributed by atoms with van der Waals surface area (Å²) in [4.78, 5) is 36.4. The molecule has 4 rings (SSSR count). The van der Waals surface area contributed by atoms with E-state index in [9.17, 15) is 31.2 Å². The Bertz CT molecular complexity index is 1360. The Hall–Kier alpha value is -3.61. The lowest BCUT2D eigenvalue weighted by molar-refractivity contribution is -0.192. The third kappa shape index (κ3) is 9.20. The van der Waals surface area contributed by atoms with Crippen molar-refractivity contribution in [2.75, 3.05) is 24.4 Å². The minimum Gasteiger partial charge on any atom is -0.475 e. The summed E-state index contributed by atoms with van der Waals surface area (Å²) >= 11 is 0. The van der Waals surface area contributed by atoms with E-state index < -0.39 is 22.2 Å². The summed E-state index contributed by atoms with van der Waals surface area (Å²) in [6.07, 6.45) is 2.60. The summed E-state index contributed by atoms with van der Waals surface area (Å²) in [6, 6.07) is 11.9. The molecule has 3 N–H and O–H groups in total. The summed E-state index contributed by atoms with van der Waals surface area (Å²) in [7, 11) is -3.72. The molecule has 1 unspecified atom stereocenters. The van der Waals surface area contributed by atoms with Crippen LogP contribution in [-0.2, 0) is 32.5 Å². The number of hydrogen-bond donors (Lipinski definition) is 3. The molecule has 0 spiro atoms. The second-order valence-electron chi connectivity index (χ2n) is 10.4. The van der Waals surface area contributed by atoms with Gasteiger partial charge in [0.1, 0.15) is 0 Å². The van der Waals surface area contributed by atoms with Gasteiger partial charge >= 0.3 is 12.1 Å². The van der Waals surface area contributed by atoms with Gasteiger partial charge in [-0.3, -0.25) is 14.3 Å². The summed E-state index contributed by atoms with van der Waals surface area (Å²) in [5, 5.41) is 10.1. The molecule has 1 saturated heterocycles. The molecule has 0 bridgehead atoms. The van der Waals surface area contributed by atoms with Crippen LogP contribution in [0.25, 0.3) is 0 Å². The molecule has 0 saturated carbocycles. The second kappa shape index (κ2) is 14.5. The van der Waals surface area contributed by atoms with Gasteiger partial charge < -0.3 is 15.3 Å². The van der Waals surface area contributed by atoms with Crippen LogP contribution in [0.5, 0.6) is 0 Å². The number of carbonyl (C=O) groups excluding carboxylic acids is 2. The van der Waals surface area contributed by atoms with E-state index in [0.717, 1.165) is 56.9 Å². The topological polar surface area (TPSA) is 133 Å². The molecule has 2 aliphatic rings. The van der Waals surface area contributed by atoms with Crippen molar-refractivity contribution in [2.45, 2.75) is 69.4 Å². The van der Waals surface area contributed by atoms with Crippen molar-refractivity contribution in [1.82, 2.24) is 10.2 Å². The fourth-order valence-electron chi connectivity index (χ4n) is 4.86. The number of hydrogen-bond acceptors (Lipinski definition) is 5. The van der Waals surface area contributed by atoms with E-state index in [0.29, 0.717) is 30.9 Å². The largest absolute Gasteiger partial charge is 0.490 e. The van der Waals surface area contributed by atoms with Crippen molar-refractivity contribution in [2.24, 2.45) is 5.92 Å². The first-order valence-corrected chi connectivity index (χ1v) is 15.4. The average Bonchev–Trinajstić information content (AvgIpc) is 2.96. The number of aliphatic carboxylic acids is 1. The number of anilines is 1. The van der Waals surface area contributed by atoms with Gasteiger partial charge in [0.25, 0.3) is 15.9 Å². The van der Waals surface area contributed by atoms with Crippen LogP contribution in [0.4, 0.5) is 18.9 Å². The Kier molecular flexibility index (Phi) is 11.4. The monoisotopic (exact) mass is 611 g/mol. The molecule has 1 aliphatic carbocycles. The minimum absolute atomic E-state index is 0.0166. The van der Waals surface area contributed by atoms with E-state index in [1.54, 1.807) is 41.3 Å². The van der Waals surface area contributed by atoms with E-state index >= 15 is 0 Å². The van der Waals surface area contributed by atoms with Crippen LogP contribution in [0.1, 0.15) is 66.9 Å². The van der Waals surface area contributed by atoms with Gasteiger partial charge in [-0.2, -0.15) is 13.2 Å². The average molecular weight is 612 g/mol. The van der Waals surface area contributed by atoms with E-state index in [1.165, 1.54) is 5.56 Å². The standard InChI is InChI=1S/C27H35N3O4S.C2HF3O2/c1-2-3-16-28-26(31)23-9-6-17-30(19-23)27(32)21-10-13-24(14-11-21)29-35(33,34)25-15-12-20-7-4-5-8-22(20)18-25;3-2(4,5)1(6)7/h10-15,18,23,29H,2-9,16-17,19H2,1H3,(H,28,31);(H,6,7). The number of nitrogens with zero attached hydrogens (tertiary/aromatic N) is 1. The molecule has 1 fully saturated rings. The third-order valence-corrected chi connectivity index (χ3v) is 8.54. The summed E-state index contributed by atoms with van der Waals surface area (Å²) < 4.78 is 60.2. The van der Waals surface area contributed by atoms with Gasteiger partial charge in [0.05, 0.1) is 10.8 Å². The number of alkyl halides is 3. The number of amides is 2. The van der Waals surface area contributed by atoms with Crippen molar-refractivity contribution >= 4 is 33.5 Å². The maximum atomic E-state index is 13.0. The molecular formula is C29H36F3N3O6S. The Labute approximate surface area is 243 Å². The van der Waals surface area contributed by atoms with Crippen molar-refractivity contribution < 1.29 is 41.1 Å². The first-order chi connectivity index (χ1) is 19.8. The number of carboxylic acids is 1. The molecular weight excluding hydrogens is 575 g/mol. The molecule has 0 radical (unpaired) electrons. The maximum Gasteiger partial charge on any atom is 0.490 e. The maximum absolute atomic E-state index is 13.0. The van der Waals surface area contributed by atoms with Crippen molar-refractivity contribution in [3.63, 3.8) is 0 Å². The number of rotatable bonds is 8. The lowest BCUT2D eigenvalue weighted by Crippen LogP contribution is -2.45. The molecule has 1 aliphatic heterocycles. The van der Waals surface area contributed by atoms with Gasteiger partial charge in [-0.1, -0.05) is 19.4 Å². The molecule has 2 amide bonds. The first kappa shape index (κ1) is 32.9.